The maximum Gasteiger partial charge on any atom is 0.254 e. The third-order valence-electron chi connectivity index (χ3n) is 3.57. The summed E-state index contributed by atoms with van der Waals surface area (Å²) in [5.74, 6) is 0.273. The molecule has 2 atom stereocenters. The lowest BCUT2D eigenvalue weighted by Crippen LogP contribution is -2.50. The fourth-order valence-electron chi connectivity index (χ4n) is 2.21. The van der Waals surface area contributed by atoms with E-state index in [0.29, 0.717) is 18.8 Å². The molecule has 7 nitrogen and oxygen atoms in total. The average Bonchev–Trinajstić information content (AvgIpc) is 2.91. The van der Waals surface area contributed by atoms with Gasteiger partial charge in [0.05, 0.1) is 6.04 Å². The lowest BCUT2D eigenvalue weighted by atomic mass is 9.96. The predicted octanol–water partition coefficient (Wildman–Crippen LogP) is 0.414. The van der Waals surface area contributed by atoms with Crippen molar-refractivity contribution in [3.8, 4) is 0 Å². The number of H-pyrrole nitrogens is 1. The van der Waals surface area contributed by atoms with E-state index in [0.717, 1.165) is 19.3 Å². The Bertz CT molecular complexity index is 404. The molecule has 0 saturated carbocycles. The van der Waals surface area contributed by atoms with Gasteiger partial charge in [-0.1, -0.05) is 12.1 Å². The first-order valence-electron chi connectivity index (χ1n) is 6.33. The lowest BCUT2D eigenvalue weighted by Gasteiger charge is -2.37. The zero-order chi connectivity index (χ0) is 13.2. The van der Waals surface area contributed by atoms with Gasteiger partial charge in [0.15, 0.2) is 5.82 Å². The Balaban J connectivity index is 2.21. The number of hydrogen-bond donors (Lipinski definition) is 2. The molecule has 100 valence electrons. The maximum absolute atomic E-state index is 12.3. The lowest BCUT2D eigenvalue weighted by molar-refractivity contribution is -0.154. The topological polar surface area (TPSA) is 95.0 Å². The van der Waals surface area contributed by atoms with Gasteiger partial charge in [-0.05, 0) is 32.6 Å². The Morgan fingerprint density at radius 1 is 1.61 bits per heavy atom. The van der Waals surface area contributed by atoms with E-state index in [2.05, 4.69) is 20.6 Å². The van der Waals surface area contributed by atoms with Gasteiger partial charge in [0.1, 0.15) is 5.60 Å². The Hall–Kier alpha value is -1.50. The van der Waals surface area contributed by atoms with Gasteiger partial charge >= 0.3 is 0 Å². The van der Waals surface area contributed by atoms with E-state index < -0.39 is 5.60 Å². The number of rotatable bonds is 3. The van der Waals surface area contributed by atoms with Crippen molar-refractivity contribution >= 4 is 5.91 Å². The van der Waals surface area contributed by atoms with Crippen LogP contribution in [0.3, 0.4) is 0 Å². The molecule has 1 aromatic rings. The molecule has 0 spiro atoms. The highest BCUT2D eigenvalue weighted by Crippen LogP contribution is 2.30. The highest BCUT2D eigenvalue weighted by molar-refractivity contribution is 5.84. The molecule has 0 bridgehead atoms. The Morgan fingerprint density at radius 2 is 2.39 bits per heavy atom. The first-order valence-corrected chi connectivity index (χ1v) is 6.33. The van der Waals surface area contributed by atoms with Gasteiger partial charge in [-0.2, -0.15) is 5.21 Å². The van der Waals surface area contributed by atoms with E-state index in [9.17, 15) is 9.90 Å². The third-order valence-corrected chi connectivity index (χ3v) is 3.57. The number of hydrogen-bond acceptors (Lipinski definition) is 5. The number of piperidine rings is 1. The van der Waals surface area contributed by atoms with E-state index >= 15 is 0 Å². The molecule has 1 aliphatic heterocycles. The van der Waals surface area contributed by atoms with E-state index in [4.69, 9.17) is 0 Å². The number of carbonyl (C=O) groups is 1. The molecule has 7 heteroatoms. The maximum atomic E-state index is 12.3. The summed E-state index contributed by atoms with van der Waals surface area (Å²) >= 11 is 0. The molecule has 2 rings (SSSR count). The Morgan fingerprint density at radius 3 is 3.00 bits per heavy atom. The minimum absolute atomic E-state index is 0.178. The number of carbonyl (C=O) groups excluding carboxylic acids is 1. The van der Waals surface area contributed by atoms with Gasteiger partial charge in [0, 0.05) is 6.54 Å². The molecule has 0 aliphatic carbocycles. The Labute approximate surface area is 106 Å². The van der Waals surface area contributed by atoms with E-state index in [-0.39, 0.29) is 11.9 Å². The second-order valence-electron chi connectivity index (χ2n) is 4.91. The third kappa shape index (κ3) is 2.35. The highest BCUT2D eigenvalue weighted by atomic mass is 16.3. The standard InChI is InChI=1S/C11H19N5O2/c1-3-11(2,18)10(17)16-7-5-4-6-8(16)9-12-14-15-13-9/h8,18H,3-7H2,1-2H3,(H,12,13,14,15). The zero-order valence-corrected chi connectivity index (χ0v) is 10.8. The molecular formula is C11H19N5O2. The van der Waals surface area contributed by atoms with E-state index in [1.807, 2.05) is 0 Å². The smallest absolute Gasteiger partial charge is 0.254 e. The van der Waals surface area contributed by atoms with Crippen LogP contribution < -0.4 is 0 Å². The zero-order valence-electron chi connectivity index (χ0n) is 10.8. The van der Waals surface area contributed by atoms with Crippen molar-refractivity contribution < 1.29 is 9.90 Å². The van der Waals surface area contributed by atoms with Crippen molar-refractivity contribution in [1.29, 1.82) is 0 Å². The molecule has 2 unspecified atom stereocenters. The molecule has 0 aromatic carbocycles. The molecule has 1 saturated heterocycles. The summed E-state index contributed by atoms with van der Waals surface area (Å²) in [6.45, 7) is 3.98. The van der Waals surface area contributed by atoms with Crippen molar-refractivity contribution in [1.82, 2.24) is 25.5 Å². The fourth-order valence-corrected chi connectivity index (χ4v) is 2.21. The van der Waals surface area contributed by atoms with Crippen LogP contribution >= 0.6 is 0 Å². The number of aliphatic hydroxyl groups is 1. The van der Waals surface area contributed by atoms with Crippen LogP contribution in [0.1, 0.15) is 51.4 Å². The van der Waals surface area contributed by atoms with Gasteiger partial charge in [0.2, 0.25) is 0 Å². The van der Waals surface area contributed by atoms with E-state index in [1.165, 1.54) is 0 Å². The fraction of sp³-hybridized carbons (Fsp3) is 0.818. The number of nitrogens with zero attached hydrogens (tertiary/aromatic N) is 4. The summed E-state index contributed by atoms with van der Waals surface area (Å²) in [5.41, 5.74) is -1.32. The molecule has 18 heavy (non-hydrogen) atoms. The van der Waals surface area contributed by atoms with Crippen LogP contribution in [-0.2, 0) is 4.79 Å². The van der Waals surface area contributed by atoms with Crippen molar-refractivity contribution in [2.75, 3.05) is 6.54 Å². The normalized spacial score (nSPS) is 23.7. The molecule has 1 fully saturated rings. The summed E-state index contributed by atoms with van der Waals surface area (Å²) in [4.78, 5) is 14.0. The molecule has 2 N–H and O–H groups in total. The average molecular weight is 253 g/mol. The molecule has 1 aromatic heterocycles. The van der Waals surface area contributed by atoms with Crippen molar-refractivity contribution in [2.24, 2.45) is 0 Å². The van der Waals surface area contributed by atoms with Gasteiger partial charge in [-0.15, -0.1) is 10.2 Å². The van der Waals surface area contributed by atoms with Crippen LogP contribution in [0.25, 0.3) is 0 Å². The Kier molecular flexibility index (Phi) is 3.60. The van der Waals surface area contributed by atoms with Crippen molar-refractivity contribution in [3.63, 3.8) is 0 Å². The van der Waals surface area contributed by atoms with Gasteiger partial charge in [-0.25, -0.2) is 0 Å². The van der Waals surface area contributed by atoms with Gasteiger partial charge in [0.25, 0.3) is 5.91 Å². The number of likely N-dealkylation sites (tertiary alicyclic amines) is 1. The van der Waals surface area contributed by atoms with Gasteiger partial charge < -0.3 is 10.0 Å². The number of aromatic nitrogens is 4. The number of aromatic amines is 1. The molecule has 1 aliphatic rings. The van der Waals surface area contributed by atoms with Crippen LogP contribution in [-0.4, -0.2) is 48.7 Å². The second kappa shape index (κ2) is 5.01. The quantitative estimate of drug-likeness (QED) is 0.813. The number of tetrazole rings is 1. The summed E-state index contributed by atoms with van der Waals surface area (Å²) in [7, 11) is 0. The first kappa shape index (κ1) is 12.9. The second-order valence-corrected chi connectivity index (χ2v) is 4.91. The molecule has 0 radical (unpaired) electrons. The van der Waals surface area contributed by atoms with Crippen molar-refractivity contribution in [3.05, 3.63) is 5.82 Å². The van der Waals surface area contributed by atoms with Crippen LogP contribution in [0, 0.1) is 0 Å². The minimum Gasteiger partial charge on any atom is -0.380 e. The molecule has 1 amide bonds. The SMILES string of the molecule is CCC(C)(O)C(=O)N1CCCCC1c1nn[nH]n1. The van der Waals surface area contributed by atoms with Crippen LogP contribution in [0.15, 0.2) is 0 Å². The summed E-state index contributed by atoms with van der Waals surface area (Å²) in [5, 5.41) is 24.0. The van der Waals surface area contributed by atoms with E-state index in [1.54, 1.807) is 18.7 Å². The first-order chi connectivity index (χ1) is 8.56. The summed E-state index contributed by atoms with van der Waals surface area (Å²) < 4.78 is 0. The number of nitrogens with one attached hydrogen (secondary N) is 1. The number of amides is 1. The monoisotopic (exact) mass is 253 g/mol. The van der Waals surface area contributed by atoms with Crippen LogP contribution in [0.4, 0.5) is 0 Å². The molecular weight excluding hydrogens is 234 g/mol. The summed E-state index contributed by atoms with van der Waals surface area (Å²) in [6, 6.07) is -0.178. The van der Waals surface area contributed by atoms with Crippen LogP contribution in [0.2, 0.25) is 0 Å². The van der Waals surface area contributed by atoms with Crippen LogP contribution in [0.5, 0.6) is 0 Å². The largest absolute Gasteiger partial charge is 0.380 e. The van der Waals surface area contributed by atoms with Crippen molar-refractivity contribution in [2.45, 2.75) is 51.2 Å². The minimum atomic E-state index is -1.32. The van der Waals surface area contributed by atoms with Gasteiger partial charge in [-0.3, -0.25) is 4.79 Å². The summed E-state index contributed by atoms with van der Waals surface area (Å²) in [6.07, 6.45) is 3.17. The predicted molar refractivity (Wildman–Crippen MR) is 63.4 cm³/mol. The molecule has 2 heterocycles. The highest BCUT2D eigenvalue weighted by Gasteiger charge is 2.38.